The standard InChI is InChI=1S/C87H152O17P2/c1-5-9-13-17-21-25-29-33-37-39-40-42-45-48-52-56-60-64-68-72-85(90)98-78-83(104-87(92)74-70-66-62-58-54-50-46-41-38-34-30-26-22-18-14-10-6-2)80-102-106(95,96)100-76-81(88)75-99-105(93,94)101-79-82(103-86(91)73-69-65-61-57-53-49-44-36-32-28-24-20-16-12-8-4)77-97-84(89)71-67-63-59-55-51-47-43-35-31-27-23-19-15-11-7-3/h9-10,13-14,21-22,25-26,33-34,37-38,40,42,46,50,58,62,81-83,88H,5-8,11-12,15-20,23-24,27-32,35-36,39,41,43-45,47-49,51-57,59-61,63-80H2,1-4H3,(H,93,94)(H,95,96)/b13-9-,14-10-,25-21-,26-22-,37-33-,38-34-,42-40-,50-46-,62-58-. The molecule has 0 fully saturated rings. The van der Waals surface area contributed by atoms with Crippen molar-refractivity contribution in [2.45, 2.75) is 380 Å². The molecule has 612 valence electrons. The maximum Gasteiger partial charge on any atom is 0.472 e. The number of aliphatic hydroxyl groups is 1. The normalized spacial score (nSPS) is 14.4. The number of hydrogen-bond acceptors (Lipinski definition) is 15. The van der Waals surface area contributed by atoms with Crippen LogP contribution in [0.15, 0.2) is 109 Å². The van der Waals surface area contributed by atoms with Crippen LogP contribution in [0.4, 0.5) is 0 Å². The molecule has 0 aromatic carbocycles. The second-order valence-electron chi connectivity index (χ2n) is 28.0. The van der Waals surface area contributed by atoms with Crippen LogP contribution < -0.4 is 0 Å². The van der Waals surface area contributed by atoms with Gasteiger partial charge in [0.15, 0.2) is 12.2 Å². The zero-order valence-electron chi connectivity index (χ0n) is 67.1. The van der Waals surface area contributed by atoms with Crippen LogP contribution in [0, 0.1) is 0 Å². The second kappa shape index (κ2) is 78.8. The lowest BCUT2D eigenvalue weighted by Crippen LogP contribution is -2.30. The first-order valence-electron chi connectivity index (χ1n) is 42.1. The molecule has 0 rings (SSSR count). The number of aliphatic hydroxyl groups excluding tert-OH is 1. The number of phosphoric ester groups is 2. The Morgan fingerprint density at radius 1 is 0.274 bits per heavy atom. The van der Waals surface area contributed by atoms with Gasteiger partial charge in [0.1, 0.15) is 19.3 Å². The molecule has 106 heavy (non-hydrogen) atoms. The predicted octanol–water partition coefficient (Wildman–Crippen LogP) is 24.9. The fourth-order valence-corrected chi connectivity index (χ4v) is 13.0. The van der Waals surface area contributed by atoms with Gasteiger partial charge in [-0.1, -0.05) is 343 Å². The molecule has 0 aromatic rings. The minimum absolute atomic E-state index is 0.0125. The topological polar surface area (TPSA) is 237 Å². The average Bonchev–Trinajstić information content (AvgIpc) is 0.907. The highest BCUT2D eigenvalue weighted by Gasteiger charge is 2.30. The van der Waals surface area contributed by atoms with Crippen molar-refractivity contribution >= 4 is 39.5 Å². The second-order valence-corrected chi connectivity index (χ2v) is 30.9. The van der Waals surface area contributed by atoms with E-state index in [0.29, 0.717) is 32.1 Å². The van der Waals surface area contributed by atoms with Gasteiger partial charge in [0.2, 0.25) is 0 Å². The predicted molar refractivity (Wildman–Crippen MR) is 436 cm³/mol. The first kappa shape index (κ1) is 102. The van der Waals surface area contributed by atoms with Gasteiger partial charge in [-0.2, -0.15) is 0 Å². The van der Waals surface area contributed by atoms with Crippen LogP contribution in [0.3, 0.4) is 0 Å². The summed E-state index contributed by atoms with van der Waals surface area (Å²) in [6.45, 7) is 4.64. The molecule has 0 aliphatic heterocycles. The molecule has 17 nitrogen and oxygen atoms in total. The molecule has 0 aliphatic rings. The molecule has 3 N–H and O–H groups in total. The van der Waals surface area contributed by atoms with Crippen LogP contribution in [0.2, 0.25) is 0 Å². The first-order valence-corrected chi connectivity index (χ1v) is 45.1. The Bertz CT molecular complexity index is 2430. The van der Waals surface area contributed by atoms with Gasteiger partial charge in [-0.15, -0.1) is 0 Å². The summed E-state index contributed by atoms with van der Waals surface area (Å²) in [5.41, 5.74) is 0. The van der Waals surface area contributed by atoms with E-state index in [2.05, 4.69) is 125 Å². The van der Waals surface area contributed by atoms with Crippen LogP contribution in [-0.2, 0) is 65.4 Å². The summed E-state index contributed by atoms with van der Waals surface area (Å²) < 4.78 is 68.7. The highest BCUT2D eigenvalue weighted by atomic mass is 31.2. The monoisotopic (exact) mass is 1530 g/mol. The number of allylic oxidation sites excluding steroid dienone is 18. The summed E-state index contributed by atoms with van der Waals surface area (Å²) in [6.07, 6.45) is 86.3. The van der Waals surface area contributed by atoms with E-state index >= 15 is 0 Å². The number of phosphoric acid groups is 2. The zero-order valence-corrected chi connectivity index (χ0v) is 68.9. The number of carbonyl (C=O) groups is 4. The average molecular weight is 1530 g/mol. The molecule has 5 atom stereocenters. The lowest BCUT2D eigenvalue weighted by molar-refractivity contribution is -0.161. The Morgan fingerprint density at radius 3 is 0.792 bits per heavy atom. The third-order valence-electron chi connectivity index (χ3n) is 17.8. The minimum Gasteiger partial charge on any atom is -0.462 e. The van der Waals surface area contributed by atoms with E-state index < -0.39 is 97.5 Å². The van der Waals surface area contributed by atoms with Gasteiger partial charge in [-0.3, -0.25) is 37.3 Å². The van der Waals surface area contributed by atoms with Crippen molar-refractivity contribution < 1.29 is 80.2 Å². The zero-order chi connectivity index (χ0) is 77.4. The van der Waals surface area contributed by atoms with E-state index in [0.717, 1.165) is 141 Å². The Labute approximate surface area is 645 Å². The fraction of sp³-hybridized carbons (Fsp3) is 0.747. The molecular weight excluding hydrogens is 1380 g/mol. The SMILES string of the molecule is CC/C=C\C/C=C\C/C=C\C/C=C\C/C=C\CCCC(=O)OC(COC(=O)CCCCCCCC/C=C\C/C=C\C/C=C\C/C=C\CC)COP(=O)(O)OCC(O)COP(=O)(O)OCC(COC(=O)CCCCCCCCCCCCCCCCC)OC(=O)CCCCCCCCCCCCCCCCC. The Kier molecular flexibility index (Phi) is 75.6. The highest BCUT2D eigenvalue weighted by Crippen LogP contribution is 2.45. The summed E-state index contributed by atoms with van der Waals surface area (Å²) >= 11 is 0. The van der Waals surface area contributed by atoms with E-state index in [9.17, 15) is 43.2 Å². The summed E-state index contributed by atoms with van der Waals surface area (Å²) in [5.74, 6) is -2.23. The first-order chi connectivity index (χ1) is 51.7. The summed E-state index contributed by atoms with van der Waals surface area (Å²) in [4.78, 5) is 73.2. The number of ether oxygens (including phenoxy) is 4. The molecular formula is C87H152O17P2. The summed E-state index contributed by atoms with van der Waals surface area (Å²) in [5, 5.41) is 10.7. The highest BCUT2D eigenvalue weighted by molar-refractivity contribution is 7.47. The third kappa shape index (κ3) is 77.9. The van der Waals surface area contributed by atoms with Crippen LogP contribution >= 0.6 is 15.6 Å². The van der Waals surface area contributed by atoms with Gasteiger partial charge in [0.05, 0.1) is 26.4 Å². The Balaban J connectivity index is 5.40. The van der Waals surface area contributed by atoms with Crippen molar-refractivity contribution in [1.29, 1.82) is 0 Å². The summed E-state index contributed by atoms with van der Waals surface area (Å²) in [7, 11) is -9.98. The smallest absolute Gasteiger partial charge is 0.462 e. The van der Waals surface area contributed by atoms with Crippen molar-refractivity contribution in [2.75, 3.05) is 39.6 Å². The van der Waals surface area contributed by atoms with Crippen molar-refractivity contribution in [3.05, 3.63) is 109 Å². The number of unbranched alkanes of at least 4 members (excludes halogenated alkanes) is 35. The van der Waals surface area contributed by atoms with Gasteiger partial charge < -0.3 is 33.8 Å². The van der Waals surface area contributed by atoms with Gasteiger partial charge in [-0.05, 0) is 103 Å². The van der Waals surface area contributed by atoms with Crippen molar-refractivity contribution in [2.24, 2.45) is 0 Å². The molecule has 0 saturated carbocycles. The van der Waals surface area contributed by atoms with Crippen LogP contribution in [0.25, 0.3) is 0 Å². The fourth-order valence-electron chi connectivity index (χ4n) is 11.4. The summed E-state index contributed by atoms with van der Waals surface area (Å²) in [6, 6.07) is 0. The lowest BCUT2D eigenvalue weighted by Gasteiger charge is -2.21. The Morgan fingerprint density at radius 2 is 0.500 bits per heavy atom. The largest absolute Gasteiger partial charge is 0.472 e. The van der Waals surface area contributed by atoms with Crippen molar-refractivity contribution in [1.82, 2.24) is 0 Å². The Hall–Kier alpha value is -4.28. The maximum absolute atomic E-state index is 13.1. The van der Waals surface area contributed by atoms with Gasteiger partial charge in [0, 0.05) is 25.7 Å². The number of hydrogen-bond donors (Lipinski definition) is 3. The third-order valence-corrected chi connectivity index (χ3v) is 19.7. The van der Waals surface area contributed by atoms with E-state index in [1.54, 1.807) is 0 Å². The van der Waals surface area contributed by atoms with Gasteiger partial charge >= 0.3 is 39.5 Å². The number of esters is 4. The molecule has 0 saturated heterocycles. The molecule has 5 unspecified atom stereocenters. The van der Waals surface area contributed by atoms with E-state index in [1.165, 1.54) is 135 Å². The van der Waals surface area contributed by atoms with Gasteiger partial charge in [-0.25, -0.2) is 9.13 Å². The number of carbonyl (C=O) groups excluding carboxylic acids is 4. The van der Waals surface area contributed by atoms with Crippen LogP contribution in [0.5, 0.6) is 0 Å². The number of rotatable bonds is 79. The molecule has 0 bridgehead atoms. The molecule has 0 spiro atoms. The molecule has 0 amide bonds. The van der Waals surface area contributed by atoms with E-state index in [4.69, 9.17) is 37.0 Å². The molecule has 19 heteroatoms. The quantitative estimate of drug-likeness (QED) is 0.0169. The molecule has 0 aliphatic carbocycles. The van der Waals surface area contributed by atoms with Crippen LogP contribution in [-0.4, -0.2) is 96.7 Å². The van der Waals surface area contributed by atoms with E-state index in [-0.39, 0.29) is 25.7 Å². The maximum atomic E-state index is 13.1. The van der Waals surface area contributed by atoms with E-state index in [1.807, 2.05) is 12.2 Å². The molecule has 0 heterocycles. The lowest BCUT2D eigenvalue weighted by atomic mass is 10.0. The van der Waals surface area contributed by atoms with Crippen LogP contribution in [0.1, 0.15) is 362 Å². The van der Waals surface area contributed by atoms with Gasteiger partial charge in [0.25, 0.3) is 0 Å². The van der Waals surface area contributed by atoms with Crippen molar-refractivity contribution in [3.63, 3.8) is 0 Å². The minimum atomic E-state index is -5.00. The molecule has 0 aromatic heterocycles. The van der Waals surface area contributed by atoms with Crippen molar-refractivity contribution in [3.8, 4) is 0 Å². The molecule has 0 radical (unpaired) electrons.